The van der Waals surface area contributed by atoms with Crippen molar-refractivity contribution in [1.29, 1.82) is 5.26 Å². The molecular weight excluding hydrogens is 301 g/mol. The Bertz CT molecular complexity index is 640. The van der Waals surface area contributed by atoms with Crippen LogP contribution in [0.2, 0.25) is 0 Å². The predicted molar refractivity (Wildman–Crippen MR) is 67.5 cm³/mol. The average Bonchev–Trinajstić information content (AvgIpc) is 2.36. The summed E-state index contributed by atoms with van der Waals surface area (Å²) in [6.07, 6.45) is 1.35. The molecule has 0 spiro atoms. The van der Waals surface area contributed by atoms with Gasteiger partial charge in [-0.05, 0) is 40.2 Å². The number of nitriles is 1. The molecule has 0 radical (unpaired) electrons. The molecule has 0 bridgehead atoms. The monoisotopic (exact) mass is 307 g/mol. The van der Waals surface area contributed by atoms with Gasteiger partial charge in [-0.15, -0.1) is 0 Å². The molecule has 2 N–H and O–H groups in total. The molecule has 0 saturated carbocycles. The molecule has 0 aliphatic heterocycles. The van der Waals surface area contributed by atoms with Gasteiger partial charge in [0, 0.05) is 6.20 Å². The molecule has 1 heterocycles. The SMILES string of the molecule is N#Cc1cnc(Oc2ccc(F)c(Br)c2)c(N)c1. The highest BCUT2D eigenvalue weighted by Gasteiger charge is 2.07. The number of pyridine rings is 1. The van der Waals surface area contributed by atoms with Gasteiger partial charge < -0.3 is 10.5 Å². The van der Waals surface area contributed by atoms with Gasteiger partial charge in [-0.3, -0.25) is 0 Å². The van der Waals surface area contributed by atoms with Crippen LogP contribution in [0, 0.1) is 17.1 Å². The van der Waals surface area contributed by atoms with E-state index in [1.807, 2.05) is 6.07 Å². The first-order chi connectivity index (χ1) is 8.60. The maximum atomic E-state index is 13.0. The largest absolute Gasteiger partial charge is 0.437 e. The zero-order valence-electron chi connectivity index (χ0n) is 9.02. The summed E-state index contributed by atoms with van der Waals surface area (Å²) in [5.74, 6) is 0.183. The summed E-state index contributed by atoms with van der Waals surface area (Å²) in [5, 5.41) is 8.68. The lowest BCUT2D eigenvalue weighted by atomic mass is 10.3. The van der Waals surface area contributed by atoms with Crippen LogP contribution < -0.4 is 10.5 Å². The molecule has 1 aromatic heterocycles. The number of halogens is 2. The van der Waals surface area contributed by atoms with Crippen molar-refractivity contribution in [2.45, 2.75) is 0 Å². The molecule has 6 heteroatoms. The Morgan fingerprint density at radius 1 is 1.39 bits per heavy atom. The molecule has 0 saturated heterocycles. The zero-order valence-corrected chi connectivity index (χ0v) is 10.6. The van der Waals surface area contributed by atoms with Gasteiger partial charge in [0.25, 0.3) is 0 Å². The molecule has 0 aliphatic carbocycles. The Kier molecular flexibility index (Phi) is 3.44. The van der Waals surface area contributed by atoms with Crippen molar-refractivity contribution in [3.05, 3.63) is 46.3 Å². The van der Waals surface area contributed by atoms with Crippen LogP contribution in [0.5, 0.6) is 11.6 Å². The van der Waals surface area contributed by atoms with Crippen LogP contribution in [0.15, 0.2) is 34.9 Å². The second-order valence-corrected chi connectivity index (χ2v) is 4.26. The third-order valence-electron chi connectivity index (χ3n) is 2.11. The van der Waals surface area contributed by atoms with E-state index in [4.69, 9.17) is 15.7 Å². The molecule has 0 atom stereocenters. The van der Waals surface area contributed by atoms with Crippen molar-refractivity contribution >= 4 is 21.6 Å². The lowest BCUT2D eigenvalue weighted by Gasteiger charge is -2.07. The Labute approximate surface area is 111 Å². The highest BCUT2D eigenvalue weighted by Crippen LogP contribution is 2.28. The van der Waals surface area contributed by atoms with Gasteiger partial charge in [0.1, 0.15) is 17.6 Å². The van der Waals surface area contributed by atoms with Crippen LogP contribution in [-0.2, 0) is 0 Å². The van der Waals surface area contributed by atoms with E-state index in [0.717, 1.165) is 0 Å². The number of nitrogens with two attached hydrogens (primary N) is 1. The molecule has 0 fully saturated rings. The lowest BCUT2D eigenvalue weighted by Crippen LogP contribution is -1.96. The first kappa shape index (κ1) is 12.3. The summed E-state index contributed by atoms with van der Waals surface area (Å²) in [5.41, 5.74) is 6.28. The minimum absolute atomic E-state index is 0.174. The minimum Gasteiger partial charge on any atom is -0.437 e. The van der Waals surface area contributed by atoms with Crippen molar-refractivity contribution in [2.24, 2.45) is 0 Å². The molecule has 0 unspecified atom stereocenters. The van der Waals surface area contributed by atoms with E-state index < -0.39 is 0 Å². The Morgan fingerprint density at radius 3 is 2.78 bits per heavy atom. The van der Waals surface area contributed by atoms with Crippen molar-refractivity contribution in [2.75, 3.05) is 5.73 Å². The van der Waals surface area contributed by atoms with Crippen molar-refractivity contribution < 1.29 is 9.13 Å². The van der Waals surface area contributed by atoms with Crippen LogP contribution in [-0.4, -0.2) is 4.98 Å². The number of anilines is 1. The van der Waals surface area contributed by atoms with Gasteiger partial charge in [0.15, 0.2) is 0 Å². The smallest absolute Gasteiger partial charge is 0.242 e. The third kappa shape index (κ3) is 2.57. The zero-order chi connectivity index (χ0) is 13.1. The molecule has 2 rings (SSSR count). The maximum absolute atomic E-state index is 13.0. The molecule has 4 nitrogen and oxygen atoms in total. The molecule has 1 aromatic carbocycles. The van der Waals surface area contributed by atoms with Gasteiger partial charge in [-0.25, -0.2) is 9.37 Å². The van der Waals surface area contributed by atoms with Crippen LogP contribution in [0.3, 0.4) is 0 Å². The number of hydrogen-bond donors (Lipinski definition) is 1. The average molecular weight is 308 g/mol. The van der Waals surface area contributed by atoms with E-state index in [1.54, 1.807) is 0 Å². The second kappa shape index (κ2) is 5.02. The predicted octanol–water partition coefficient (Wildman–Crippen LogP) is 3.23. The van der Waals surface area contributed by atoms with Crippen molar-refractivity contribution in [3.63, 3.8) is 0 Å². The molecule has 90 valence electrons. The minimum atomic E-state index is -0.386. The first-order valence-electron chi connectivity index (χ1n) is 4.88. The summed E-state index contributed by atoms with van der Waals surface area (Å²) in [7, 11) is 0. The number of ether oxygens (including phenoxy) is 1. The van der Waals surface area contributed by atoms with Crippen LogP contribution >= 0.6 is 15.9 Å². The normalized spacial score (nSPS) is 9.83. The Morgan fingerprint density at radius 2 is 2.17 bits per heavy atom. The lowest BCUT2D eigenvalue weighted by molar-refractivity contribution is 0.463. The number of aromatic nitrogens is 1. The summed E-state index contributed by atoms with van der Waals surface area (Å²) < 4.78 is 18.7. The Balaban J connectivity index is 2.29. The first-order valence-corrected chi connectivity index (χ1v) is 5.68. The van der Waals surface area contributed by atoms with Crippen LogP contribution in [0.1, 0.15) is 5.56 Å². The maximum Gasteiger partial charge on any atom is 0.242 e. The third-order valence-corrected chi connectivity index (χ3v) is 2.72. The number of hydrogen-bond acceptors (Lipinski definition) is 4. The highest BCUT2D eigenvalue weighted by molar-refractivity contribution is 9.10. The quantitative estimate of drug-likeness (QED) is 0.924. The van der Waals surface area contributed by atoms with Crippen LogP contribution in [0.25, 0.3) is 0 Å². The summed E-state index contributed by atoms with van der Waals surface area (Å²) in [6.45, 7) is 0. The topological polar surface area (TPSA) is 71.9 Å². The van der Waals surface area contributed by atoms with Gasteiger partial charge in [0.2, 0.25) is 5.88 Å². The van der Waals surface area contributed by atoms with Crippen molar-refractivity contribution in [1.82, 2.24) is 4.98 Å². The fourth-order valence-electron chi connectivity index (χ4n) is 1.27. The fraction of sp³-hybridized carbons (Fsp3) is 0. The Hall–Kier alpha value is -2.13. The summed E-state index contributed by atoms with van der Waals surface area (Å²) >= 11 is 3.05. The summed E-state index contributed by atoms with van der Waals surface area (Å²) in [4.78, 5) is 3.92. The van der Waals surface area contributed by atoms with Gasteiger partial charge >= 0.3 is 0 Å². The van der Waals surface area contributed by atoms with Gasteiger partial charge in [-0.1, -0.05) is 0 Å². The number of benzene rings is 1. The van der Waals surface area contributed by atoms with E-state index in [2.05, 4.69) is 20.9 Å². The van der Waals surface area contributed by atoms with E-state index in [1.165, 1.54) is 30.5 Å². The number of nitrogen functional groups attached to an aromatic ring is 1. The number of nitrogens with zero attached hydrogens (tertiary/aromatic N) is 2. The van der Waals surface area contributed by atoms with Gasteiger partial charge in [-0.2, -0.15) is 5.26 Å². The molecular formula is C12H7BrFN3O. The van der Waals surface area contributed by atoms with E-state index >= 15 is 0 Å². The number of rotatable bonds is 2. The van der Waals surface area contributed by atoms with E-state index in [0.29, 0.717) is 11.3 Å². The van der Waals surface area contributed by atoms with Gasteiger partial charge in [0.05, 0.1) is 15.7 Å². The summed E-state index contributed by atoms with van der Waals surface area (Å²) in [6, 6.07) is 7.57. The second-order valence-electron chi connectivity index (χ2n) is 3.41. The molecule has 0 aliphatic rings. The fourth-order valence-corrected chi connectivity index (χ4v) is 1.63. The van der Waals surface area contributed by atoms with Crippen LogP contribution in [0.4, 0.5) is 10.1 Å². The molecule has 18 heavy (non-hydrogen) atoms. The molecule has 2 aromatic rings. The molecule has 0 amide bonds. The van der Waals surface area contributed by atoms with Crippen molar-refractivity contribution in [3.8, 4) is 17.7 Å². The standard InChI is InChI=1S/C12H7BrFN3O/c13-9-4-8(1-2-10(9)14)18-12-11(16)3-7(5-15)6-17-12/h1-4,6H,16H2. The van der Waals surface area contributed by atoms with E-state index in [9.17, 15) is 4.39 Å². The van der Waals surface area contributed by atoms with E-state index in [-0.39, 0.29) is 21.9 Å². The highest BCUT2D eigenvalue weighted by atomic mass is 79.9.